The maximum atomic E-state index is 10.6. The number of hydrogen-bond acceptors (Lipinski definition) is 1. The van der Waals surface area contributed by atoms with Crippen LogP contribution in [0.2, 0.25) is 0 Å². The lowest BCUT2D eigenvalue weighted by molar-refractivity contribution is 0.259. The van der Waals surface area contributed by atoms with Crippen molar-refractivity contribution in [2.75, 3.05) is 5.32 Å². The number of amides is 2. The molecule has 0 radical (unpaired) electrons. The minimum absolute atomic E-state index is 0.522. The number of anilines is 1. The van der Waals surface area contributed by atoms with Gasteiger partial charge in [-0.2, -0.15) is 0 Å². The van der Waals surface area contributed by atoms with Gasteiger partial charge in [-0.05, 0) is 30.0 Å². The third kappa shape index (κ3) is 3.47. The van der Waals surface area contributed by atoms with Crippen molar-refractivity contribution in [1.82, 2.24) is 0 Å². The highest BCUT2D eigenvalue weighted by Gasteiger charge is 2.00. The van der Waals surface area contributed by atoms with Crippen molar-refractivity contribution in [3.05, 3.63) is 29.8 Å². The Hall–Kier alpha value is -1.51. The molecule has 3 heteroatoms. The summed E-state index contributed by atoms with van der Waals surface area (Å²) in [5, 5.41) is 2.56. The third-order valence-corrected chi connectivity index (χ3v) is 1.84. The van der Waals surface area contributed by atoms with E-state index in [9.17, 15) is 4.79 Å². The Morgan fingerprint density at radius 2 is 2.21 bits per heavy atom. The summed E-state index contributed by atoms with van der Waals surface area (Å²) in [7, 11) is 0. The van der Waals surface area contributed by atoms with Gasteiger partial charge in [0, 0.05) is 5.69 Å². The van der Waals surface area contributed by atoms with Crippen LogP contribution in [0.1, 0.15) is 19.4 Å². The van der Waals surface area contributed by atoms with E-state index < -0.39 is 6.03 Å². The average Bonchev–Trinajstić information content (AvgIpc) is 2.01. The van der Waals surface area contributed by atoms with Gasteiger partial charge in [0.25, 0.3) is 0 Å². The summed E-state index contributed by atoms with van der Waals surface area (Å²) in [5.74, 6) is 0.610. The molecule has 1 aromatic carbocycles. The Morgan fingerprint density at radius 3 is 2.79 bits per heavy atom. The molecule has 0 bridgehead atoms. The van der Waals surface area contributed by atoms with Crippen LogP contribution in [0.5, 0.6) is 0 Å². The SMILES string of the molecule is CC(C)Cc1cccc(NC(N)=O)c1. The van der Waals surface area contributed by atoms with Gasteiger partial charge in [-0.3, -0.25) is 0 Å². The fourth-order valence-corrected chi connectivity index (χ4v) is 1.39. The van der Waals surface area contributed by atoms with Crippen LogP contribution in [0.3, 0.4) is 0 Å². The van der Waals surface area contributed by atoms with Crippen LogP contribution in [0.15, 0.2) is 24.3 Å². The Labute approximate surface area is 84.3 Å². The molecule has 0 aliphatic rings. The molecular formula is C11H16N2O. The van der Waals surface area contributed by atoms with E-state index in [-0.39, 0.29) is 0 Å². The molecule has 14 heavy (non-hydrogen) atoms. The standard InChI is InChI=1S/C11H16N2O/c1-8(2)6-9-4-3-5-10(7-9)13-11(12)14/h3-5,7-8H,6H2,1-2H3,(H3,12,13,14). The molecule has 0 aromatic heterocycles. The smallest absolute Gasteiger partial charge is 0.316 e. The van der Waals surface area contributed by atoms with Crippen molar-refractivity contribution in [2.45, 2.75) is 20.3 Å². The zero-order valence-corrected chi connectivity index (χ0v) is 8.58. The van der Waals surface area contributed by atoms with Crippen molar-refractivity contribution < 1.29 is 4.79 Å². The molecule has 0 aliphatic carbocycles. The molecule has 0 spiro atoms. The molecule has 0 saturated heterocycles. The summed E-state index contributed by atoms with van der Waals surface area (Å²) < 4.78 is 0. The first-order chi connectivity index (χ1) is 6.58. The predicted molar refractivity (Wildman–Crippen MR) is 58.2 cm³/mol. The van der Waals surface area contributed by atoms with Gasteiger partial charge in [0.1, 0.15) is 0 Å². The van der Waals surface area contributed by atoms with Crippen LogP contribution < -0.4 is 11.1 Å². The summed E-state index contributed by atoms with van der Waals surface area (Å²) in [5.41, 5.74) is 7.00. The number of carbonyl (C=O) groups is 1. The highest BCUT2D eigenvalue weighted by Crippen LogP contribution is 2.13. The first kappa shape index (κ1) is 10.6. The number of hydrogen-bond donors (Lipinski definition) is 2. The molecule has 1 rings (SSSR count). The second kappa shape index (κ2) is 4.65. The summed E-state index contributed by atoms with van der Waals surface area (Å²) in [4.78, 5) is 10.6. The molecule has 1 aromatic rings. The van der Waals surface area contributed by atoms with Crippen LogP contribution in [-0.4, -0.2) is 6.03 Å². The second-order valence-electron chi connectivity index (χ2n) is 3.79. The quantitative estimate of drug-likeness (QED) is 0.759. The lowest BCUT2D eigenvalue weighted by Gasteiger charge is -2.07. The van der Waals surface area contributed by atoms with E-state index in [4.69, 9.17) is 5.73 Å². The first-order valence-corrected chi connectivity index (χ1v) is 4.73. The maximum absolute atomic E-state index is 10.6. The monoisotopic (exact) mass is 192 g/mol. The topological polar surface area (TPSA) is 55.1 Å². The van der Waals surface area contributed by atoms with E-state index in [1.165, 1.54) is 5.56 Å². The highest BCUT2D eigenvalue weighted by atomic mass is 16.2. The summed E-state index contributed by atoms with van der Waals surface area (Å²) in [6.07, 6.45) is 1.01. The van der Waals surface area contributed by atoms with Gasteiger partial charge in [-0.15, -0.1) is 0 Å². The van der Waals surface area contributed by atoms with Gasteiger partial charge >= 0.3 is 6.03 Å². The number of carbonyl (C=O) groups excluding carboxylic acids is 1. The minimum Gasteiger partial charge on any atom is -0.351 e. The average molecular weight is 192 g/mol. The van der Waals surface area contributed by atoms with E-state index >= 15 is 0 Å². The molecular weight excluding hydrogens is 176 g/mol. The largest absolute Gasteiger partial charge is 0.351 e. The molecule has 3 nitrogen and oxygen atoms in total. The lowest BCUT2D eigenvalue weighted by atomic mass is 10.0. The molecule has 0 aliphatic heterocycles. The van der Waals surface area contributed by atoms with Crippen LogP contribution in [0.25, 0.3) is 0 Å². The van der Waals surface area contributed by atoms with Crippen molar-refractivity contribution in [3.8, 4) is 0 Å². The molecule has 3 N–H and O–H groups in total. The summed E-state index contributed by atoms with van der Waals surface area (Å²) in [6, 6.07) is 7.22. The van der Waals surface area contributed by atoms with Crippen molar-refractivity contribution in [1.29, 1.82) is 0 Å². The van der Waals surface area contributed by atoms with Gasteiger partial charge in [0.2, 0.25) is 0 Å². The van der Waals surface area contributed by atoms with Crippen molar-refractivity contribution in [2.24, 2.45) is 11.7 Å². The van der Waals surface area contributed by atoms with E-state index in [1.54, 1.807) is 0 Å². The van der Waals surface area contributed by atoms with Crippen LogP contribution in [-0.2, 0) is 6.42 Å². The second-order valence-corrected chi connectivity index (χ2v) is 3.79. The minimum atomic E-state index is -0.522. The van der Waals surface area contributed by atoms with E-state index in [0.717, 1.165) is 12.1 Å². The number of urea groups is 1. The number of nitrogens with two attached hydrogens (primary N) is 1. The van der Waals surface area contributed by atoms with Crippen LogP contribution in [0.4, 0.5) is 10.5 Å². The van der Waals surface area contributed by atoms with Crippen LogP contribution >= 0.6 is 0 Å². The molecule has 76 valence electrons. The lowest BCUT2D eigenvalue weighted by Crippen LogP contribution is -2.19. The van der Waals surface area contributed by atoms with E-state index in [2.05, 4.69) is 19.2 Å². The molecule has 0 atom stereocenters. The van der Waals surface area contributed by atoms with Gasteiger partial charge in [-0.1, -0.05) is 26.0 Å². The first-order valence-electron chi connectivity index (χ1n) is 4.73. The summed E-state index contributed by atoms with van der Waals surface area (Å²) in [6.45, 7) is 4.32. The molecule has 2 amide bonds. The van der Waals surface area contributed by atoms with Gasteiger partial charge in [-0.25, -0.2) is 4.79 Å². The Morgan fingerprint density at radius 1 is 1.50 bits per heavy atom. The van der Waals surface area contributed by atoms with Gasteiger partial charge in [0.15, 0.2) is 0 Å². The van der Waals surface area contributed by atoms with Crippen molar-refractivity contribution >= 4 is 11.7 Å². The number of primary amides is 1. The van der Waals surface area contributed by atoms with Gasteiger partial charge in [0.05, 0.1) is 0 Å². The van der Waals surface area contributed by atoms with Crippen LogP contribution in [0, 0.1) is 5.92 Å². The molecule has 0 fully saturated rings. The number of rotatable bonds is 3. The molecule has 0 unspecified atom stereocenters. The fraction of sp³-hybridized carbons (Fsp3) is 0.364. The van der Waals surface area contributed by atoms with Gasteiger partial charge < -0.3 is 11.1 Å². The summed E-state index contributed by atoms with van der Waals surface area (Å²) >= 11 is 0. The Kier molecular flexibility index (Phi) is 3.51. The fourth-order valence-electron chi connectivity index (χ4n) is 1.39. The van der Waals surface area contributed by atoms with E-state index in [1.807, 2.05) is 24.3 Å². The molecule has 0 saturated carbocycles. The normalized spacial score (nSPS) is 10.2. The Bertz CT molecular complexity index is 321. The zero-order valence-electron chi connectivity index (χ0n) is 8.58. The number of nitrogens with one attached hydrogen (secondary N) is 1. The van der Waals surface area contributed by atoms with Crippen molar-refractivity contribution in [3.63, 3.8) is 0 Å². The predicted octanol–water partition coefficient (Wildman–Crippen LogP) is 2.38. The molecule has 0 heterocycles. The zero-order chi connectivity index (χ0) is 10.6. The Balaban J connectivity index is 2.73. The maximum Gasteiger partial charge on any atom is 0.316 e. The third-order valence-electron chi connectivity index (χ3n) is 1.84. The number of benzene rings is 1. The highest BCUT2D eigenvalue weighted by molar-refractivity contribution is 5.87. The van der Waals surface area contributed by atoms with E-state index in [0.29, 0.717) is 5.92 Å².